The summed E-state index contributed by atoms with van der Waals surface area (Å²) in [6.45, 7) is 8.40. The number of aromatic hydroxyl groups is 1. The van der Waals surface area contributed by atoms with Crippen LogP contribution in [0.15, 0.2) is 67.3 Å². The Morgan fingerprint density at radius 1 is 0.440 bits per heavy atom. The number of aliphatic hydroxyl groups is 4. The van der Waals surface area contributed by atoms with Crippen LogP contribution in [0.2, 0.25) is 0 Å². The molecule has 50 nitrogen and oxygen atoms in total. The molecule has 134 heavy (non-hydrogen) atoms. The van der Waals surface area contributed by atoms with E-state index in [1.165, 1.54) is 49.9 Å². The molecule has 0 bridgehead atoms. The Labute approximate surface area is 774 Å². The van der Waals surface area contributed by atoms with Crippen LogP contribution in [0.4, 0.5) is 0 Å². The maximum Gasteiger partial charge on any atom is 0.326 e. The summed E-state index contributed by atoms with van der Waals surface area (Å²) in [4.78, 5) is 281. The lowest BCUT2D eigenvalue weighted by Gasteiger charge is -2.30. The molecule has 0 aliphatic heterocycles. The van der Waals surface area contributed by atoms with E-state index in [0.29, 0.717) is 16.5 Å². The number of H-pyrrole nitrogens is 2. The average molecular weight is 1910 g/mol. The molecule has 0 aliphatic rings. The topological polar surface area (TPSA) is 818 Å². The first kappa shape index (κ1) is 113. The fourth-order valence-electron chi connectivity index (χ4n) is 13.1. The number of fused-ring (bicyclic) bond motifs is 1. The number of rotatable bonds is 60. The van der Waals surface area contributed by atoms with Crippen LogP contribution in [0.1, 0.15) is 136 Å². The van der Waals surface area contributed by atoms with Crippen LogP contribution in [-0.2, 0) is 115 Å². The van der Waals surface area contributed by atoms with E-state index < -0.39 is 304 Å². The van der Waals surface area contributed by atoms with Gasteiger partial charge in [-0.3, -0.25) is 91.1 Å². The number of carboxylic acid groups (broad SMARTS) is 3. The van der Waals surface area contributed by atoms with E-state index in [9.17, 15) is 132 Å². The maximum absolute atomic E-state index is 15.1. The minimum Gasteiger partial charge on any atom is -0.508 e. The Morgan fingerprint density at radius 2 is 0.881 bits per heavy atom. The number of phenolic OH excluding ortho intramolecular Hbond substituents is 1. The molecule has 0 fully saturated rings. The Balaban J connectivity index is 1.64. The molecular weight excluding hydrogens is 1790 g/mol. The highest BCUT2D eigenvalue weighted by Gasteiger charge is 2.41. The lowest BCUT2D eigenvalue weighted by Crippen LogP contribution is -2.64. The van der Waals surface area contributed by atoms with Gasteiger partial charge in [0.25, 0.3) is 0 Å². The maximum atomic E-state index is 15.1. The molecule has 0 spiro atoms. The molecular formula is C83H124N22O28S. The van der Waals surface area contributed by atoms with E-state index in [1.54, 1.807) is 52.0 Å². The Morgan fingerprint density at radius 3 is 1.39 bits per heavy atom. The largest absolute Gasteiger partial charge is 0.508 e. The highest BCUT2D eigenvalue weighted by atomic mass is 32.1. The van der Waals surface area contributed by atoms with Crippen molar-refractivity contribution in [1.82, 2.24) is 100 Å². The quantitative estimate of drug-likeness (QED) is 0.0144. The molecule has 0 saturated heterocycles. The van der Waals surface area contributed by atoms with Gasteiger partial charge in [-0.2, -0.15) is 12.6 Å². The highest BCUT2D eigenvalue weighted by Crippen LogP contribution is 2.21. The van der Waals surface area contributed by atoms with Gasteiger partial charge in [0.2, 0.25) is 100 Å². The zero-order valence-corrected chi connectivity index (χ0v) is 75.9. The van der Waals surface area contributed by atoms with Crippen LogP contribution in [0.3, 0.4) is 0 Å². The number of thiol groups is 1. The van der Waals surface area contributed by atoms with Gasteiger partial charge in [0.05, 0.1) is 56.8 Å². The molecule has 51 heteroatoms. The highest BCUT2D eigenvalue weighted by molar-refractivity contribution is 7.80. The minimum absolute atomic E-state index is 0.0169. The van der Waals surface area contributed by atoms with Gasteiger partial charge in [-0.05, 0) is 120 Å². The predicted octanol–water partition coefficient (Wildman–Crippen LogP) is -9.03. The number of unbranched alkanes of at least 4 members (excludes halogenated alkanes) is 1. The van der Waals surface area contributed by atoms with Gasteiger partial charge in [0.15, 0.2) is 0 Å². The van der Waals surface area contributed by atoms with Gasteiger partial charge in [0.1, 0.15) is 90.3 Å². The normalized spacial score (nSPS) is 15.3. The Hall–Kier alpha value is -13.5. The molecule has 4 rings (SSSR count). The summed E-state index contributed by atoms with van der Waals surface area (Å²) in [5.41, 5.74) is 17.9. The standard InChI is InChI=1S/C83H124N22O28S/c1-38(2)25-54(93-63(113)34-89-62(112)33-90-69(118)40(5)92-70(119)49(85)36-134)78(127)103-67(42(7)108)81(130)105-68(43(8)109)82(131)104-66(41(6)107)80(129)101-57(28-45-31-88-50-14-10-9-13-48(45)50)75(124)94-51(15-11-12-24-84)71(120)95-52(21-23-64(114)115)72(121)98-56(27-44-16-18-47(110)19-17-44)74(123)102-60(35-106)79(128)99-58(29-46-32-87-37-91-46)76(125)100-59(30-65(116)117)77(126)97-55(26-39(3)4)73(122)96-53(83(132)133)20-22-61(86)111/h9-10,13-14,16-19,31-32,37-43,49,51-60,66-68,88,106-110,134H,11-12,15,20-30,33-36,84-85H2,1-8H3,(H2,86,111)(H,87,91)(H,89,112)(H,90,118)(H,92,119)(H,93,113)(H,94,124)(H,95,120)(H,96,122)(H,97,126)(H,98,121)(H,99,128)(H,100,125)(H,101,129)(H,102,123)(H,103,127)(H,104,131)(H,105,130)(H,114,115)(H,116,117)(H,132,133)/t40-,41+,42+,43+,49-,51-,52-,53-,54-,55-,56-,57-,58-,59-,60-,66-,67-,68-/m0/s1. The zero-order chi connectivity index (χ0) is 100. The lowest BCUT2D eigenvalue weighted by molar-refractivity contribution is -0.143. The Bertz CT molecular complexity index is 4710. The number of amides is 17. The van der Waals surface area contributed by atoms with Gasteiger partial charge in [0, 0.05) is 66.8 Å². The molecule has 0 saturated carbocycles. The van der Waals surface area contributed by atoms with E-state index in [2.05, 4.69) is 113 Å². The molecule has 0 unspecified atom stereocenters. The van der Waals surface area contributed by atoms with Crippen molar-refractivity contribution in [3.05, 3.63) is 84.1 Å². The number of aliphatic hydroxyl groups excluding tert-OH is 4. The number of nitrogens with zero attached hydrogens (tertiary/aromatic N) is 1. The molecule has 32 N–H and O–H groups in total. The first-order chi connectivity index (χ1) is 63.1. The van der Waals surface area contributed by atoms with Crippen LogP contribution in [0.25, 0.3) is 10.9 Å². The number of nitrogens with one attached hydrogen (secondary N) is 18. The lowest BCUT2D eigenvalue weighted by atomic mass is 10.0. The van der Waals surface area contributed by atoms with Crippen molar-refractivity contribution in [2.45, 2.75) is 248 Å². The summed E-state index contributed by atoms with van der Waals surface area (Å²) < 4.78 is 0. The predicted molar refractivity (Wildman–Crippen MR) is 476 cm³/mol. The number of aromatic amines is 2. The smallest absolute Gasteiger partial charge is 0.326 e. The molecule has 0 aliphatic carbocycles. The SMILES string of the molecule is CC(C)C[C@H](NC(=O)CNC(=O)CNC(=O)[C@H](C)NC(=O)[C@@H](N)CS)C(=O)N[C@H](C(=O)N[C@H](C(=O)N[C@H](C(=O)N[C@@H](Cc1c[nH]c2ccccc12)C(=O)N[C@@H](CCCCN)C(=O)N[C@@H](CCC(=O)O)C(=O)N[C@@H](Cc1ccc(O)cc1)C(=O)N[C@@H](CO)C(=O)N[C@@H](Cc1cnc[nH]1)C(=O)N[C@@H](CC(=O)O)C(=O)N[C@@H](CC(C)C)C(=O)N[C@@H](CCC(N)=O)C(=O)O)[C@@H](C)O)[C@@H](C)O)[C@@H](C)O. The number of aliphatic carboxylic acids is 3. The van der Waals surface area contributed by atoms with E-state index in [-0.39, 0.29) is 67.3 Å². The summed E-state index contributed by atoms with van der Waals surface area (Å²) in [6, 6.07) is -14.6. The van der Waals surface area contributed by atoms with Crippen LogP contribution in [0.5, 0.6) is 5.75 Å². The number of carboxylic acids is 3. The third-order valence-corrected chi connectivity index (χ3v) is 20.8. The van der Waals surface area contributed by atoms with Gasteiger partial charge < -0.3 is 153 Å². The van der Waals surface area contributed by atoms with Crippen LogP contribution in [-0.4, -0.2) is 315 Å². The fourth-order valence-corrected chi connectivity index (χ4v) is 13.3. The molecule has 4 aromatic rings. The number of primary amides is 1. The van der Waals surface area contributed by atoms with E-state index in [4.69, 9.17) is 17.2 Å². The first-order valence-corrected chi connectivity index (χ1v) is 43.4. The summed E-state index contributed by atoms with van der Waals surface area (Å²) in [5.74, 6) is -24.9. The number of imidazole rings is 1. The second-order valence-corrected chi connectivity index (χ2v) is 33.0. The minimum atomic E-state index is -2.08. The van der Waals surface area contributed by atoms with Crippen molar-refractivity contribution in [2.75, 3.05) is 32.0 Å². The van der Waals surface area contributed by atoms with Crippen molar-refractivity contribution < 1.29 is 137 Å². The summed E-state index contributed by atoms with van der Waals surface area (Å²) in [7, 11) is 0. The summed E-state index contributed by atoms with van der Waals surface area (Å²) in [6.07, 6.45) is -7.19. The number of para-hydroxylation sites is 1. The number of carbonyl (C=O) groups is 20. The van der Waals surface area contributed by atoms with Crippen molar-refractivity contribution in [3.63, 3.8) is 0 Å². The van der Waals surface area contributed by atoms with Gasteiger partial charge in [-0.1, -0.05) is 58.0 Å². The number of benzene rings is 2. The van der Waals surface area contributed by atoms with Crippen molar-refractivity contribution in [2.24, 2.45) is 29.0 Å². The zero-order valence-electron chi connectivity index (χ0n) is 75.0. The monoisotopic (exact) mass is 1910 g/mol. The third-order valence-electron chi connectivity index (χ3n) is 20.4. The van der Waals surface area contributed by atoms with Crippen LogP contribution in [0, 0.1) is 11.8 Å². The van der Waals surface area contributed by atoms with Crippen molar-refractivity contribution in [1.29, 1.82) is 0 Å². The van der Waals surface area contributed by atoms with Crippen LogP contribution >= 0.6 is 12.6 Å². The number of aromatic nitrogens is 3. The van der Waals surface area contributed by atoms with E-state index in [0.717, 1.165) is 20.8 Å². The third kappa shape index (κ3) is 39.1. The fraction of sp³-hybridized carbons (Fsp3) is 0.554. The second-order valence-electron chi connectivity index (χ2n) is 32.7. The van der Waals surface area contributed by atoms with Crippen molar-refractivity contribution in [3.8, 4) is 5.75 Å². The Kier molecular flexibility index (Phi) is 47.5. The molecule has 0 radical (unpaired) electrons. The first-order valence-electron chi connectivity index (χ1n) is 42.8. The van der Waals surface area contributed by atoms with E-state index >= 15 is 4.79 Å². The second kappa shape index (κ2) is 56.4. The number of nitrogens with two attached hydrogens (primary N) is 3. The molecule has 17 amide bonds. The van der Waals surface area contributed by atoms with Gasteiger partial charge in [-0.15, -0.1) is 0 Å². The molecule has 2 heterocycles. The van der Waals surface area contributed by atoms with Gasteiger partial charge in [-0.25, -0.2) is 9.78 Å². The number of phenols is 1. The number of carbonyl (C=O) groups excluding carboxylic acids is 17. The molecule has 18 atom stereocenters. The number of hydrogen-bond donors (Lipinski definition) is 30. The van der Waals surface area contributed by atoms with Crippen molar-refractivity contribution >= 4 is 142 Å². The van der Waals surface area contributed by atoms with Crippen LogP contribution < -0.4 is 102 Å². The van der Waals surface area contributed by atoms with Gasteiger partial charge >= 0.3 is 17.9 Å². The molecule has 740 valence electrons. The number of hydrogen-bond acceptors (Lipinski definition) is 29. The molecule has 2 aromatic heterocycles. The molecule has 2 aromatic carbocycles. The summed E-state index contributed by atoms with van der Waals surface area (Å²) in [5, 5.41) is 122. The summed E-state index contributed by atoms with van der Waals surface area (Å²) >= 11 is 3.93. The average Bonchev–Trinajstić information content (AvgIpc) is 1.66. The van der Waals surface area contributed by atoms with E-state index in [1.807, 2.05) is 0 Å².